The molecule has 0 radical (unpaired) electrons. The van der Waals surface area contributed by atoms with Crippen molar-refractivity contribution in [2.45, 2.75) is 32.5 Å². The Morgan fingerprint density at radius 3 is 2.39 bits per heavy atom. The molecule has 1 atom stereocenters. The van der Waals surface area contributed by atoms with E-state index in [4.69, 9.17) is 4.74 Å². The summed E-state index contributed by atoms with van der Waals surface area (Å²) in [5.74, 6) is 0. The fraction of sp³-hybridized carbons (Fsp3) is 0.923. The van der Waals surface area contributed by atoms with Crippen LogP contribution in [0.2, 0.25) is 0 Å². The van der Waals surface area contributed by atoms with E-state index in [1.165, 1.54) is 0 Å². The van der Waals surface area contributed by atoms with Gasteiger partial charge in [-0.25, -0.2) is 4.79 Å². The van der Waals surface area contributed by atoms with E-state index in [1.54, 1.807) is 0 Å². The maximum Gasteiger partial charge on any atom is 0.320 e. The number of hydrogen-bond acceptors (Lipinski definition) is 3. The van der Waals surface area contributed by atoms with Crippen molar-refractivity contribution in [3.63, 3.8) is 0 Å². The number of amides is 2. The highest BCUT2D eigenvalue weighted by molar-refractivity contribution is 5.75. The number of nitrogens with zero attached hydrogens (tertiary/aromatic N) is 3. The maximum atomic E-state index is 12.3. The smallest absolute Gasteiger partial charge is 0.320 e. The second kappa shape index (κ2) is 5.89. The first kappa shape index (κ1) is 13.6. The number of piperazine rings is 1. The summed E-state index contributed by atoms with van der Waals surface area (Å²) in [4.78, 5) is 18.5. The summed E-state index contributed by atoms with van der Waals surface area (Å²) in [5, 5.41) is 0. The van der Waals surface area contributed by atoms with Crippen LogP contribution in [-0.4, -0.2) is 79.3 Å². The quantitative estimate of drug-likeness (QED) is 0.734. The van der Waals surface area contributed by atoms with E-state index in [1.807, 2.05) is 23.6 Å². The molecule has 2 rings (SSSR count). The molecule has 0 bridgehead atoms. The lowest BCUT2D eigenvalue weighted by atomic mass is 10.3. The van der Waals surface area contributed by atoms with Crippen LogP contribution >= 0.6 is 0 Å². The van der Waals surface area contributed by atoms with Crippen molar-refractivity contribution >= 4 is 6.03 Å². The molecule has 18 heavy (non-hydrogen) atoms. The number of urea groups is 1. The van der Waals surface area contributed by atoms with Gasteiger partial charge >= 0.3 is 6.03 Å². The Labute approximate surface area is 110 Å². The molecule has 2 heterocycles. The fourth-order valence-electron chi connectivity index (χ4n) is 2.60. The normalized spacial score (nSPS) is 26.1. The van der Waals surface area contributed by atoms with Gasteiger partial charge in [-0.05, 0) is 27.3 Å². The predicted molar refractivity (Wildman–Crippen MR) is 70.7 cm³/mol. The SMILES string of the molecule is CC(C)OC1CCN(C(=O)N2CCN(C)CC2)C1. The fourth-order valence-corrected chi connectivity index (χ4v) is 2.60. The molecule has 2 saturated heterocycles. The third kappa shape index (κ3) is 3.36. The van der Waals surface area contributed by atoms with Crippen LogP contribution in [0.3, 0.4) is 0 Å². The molecule has 0 aromatic heterocycles. The Morgan fingerprint density at radius 1 is 1.11 bits per heavy atom. The summed E-state index contributed by atoms with van der Waals surface area (Å²) in [5.41, 5.74) is 0. The minimum atomic E-state index is 0.193. The van der Waals surface area contributed by atoms with E-state index >= 15 is 0 Å². The first-order valence-electron chi connectivity index (χ1n) is 6.94. The van der Waals surface area contributed by atoms with Gasteiger partial charge in [0.1, 0.15) is 0 Å². The third-order valence-electron chi connectivity index (χ3n) is 3.65. The zero-order chi connectivity index (χ0) is 13.1. The monoisotopic (exact) mass is 255 g/mol. The second-order valence-corrected chi connectivity index (χ2v) is 5.61. The molecule has 0 saturated carbocycles. The van der Waals surface area contributed by atoms with Crippen molar-refractivity contribution in [1.82, 2.24) is 14.7 Å². The number of carbonyl (C=O) groups is 1. The lowest BCUT2D eigenvalue weighted by Crippen LogP contribution is -2.51. The van der Waals surface area contributed by atoms with E-state index in [0.717, 1.165) is 45.7 Å². The van der Waals surface area contributed by atoms with Crippen molar-refractivity contribution in [3.05, 3.63) is 0 Å². The highest BCUT2D eigenvalue weighted by Gasteiger charge is 2.31. The third-order valence-corrected chi connectivity index (χ3v) is 3.65. The van der Waals surface area contributed by atoms with Gasteiger partial charge in [0.15, 0.2) is 0 Å². The molecule has 2 fully saturated rings. The van der Waals surface area contributed by atoms with Crippen molar-refractivity contribution in [1.29, 1.82) is 0 Å². The van der Waals surface area contributed by atoms with E-state index in [0.29, 0.717) is 0 Å². The van der Waals surface area contributed by atoms with Crippen LogP contribution in [0.25, 0.3) is 0 Å². The molecule has 1 unspecified atom stereocenters. The number of carbonyl (C=O) groups excluding carboxylic acids is 1. The van der Waals surface area contributed by atoms with E-state index < -0.39 is 0 Å². The van der Waals surface area contributed by atoms with Crippen LogP contribution in [0.5, 0.6) is 0 Å². The number of hydrogen-bond donors (Lipinski definition) is 0. The molecule has 0 spiro atoms. The highest BCUT2D eigenvalue weighted by atomic mass is 16.5. The first-order valence-corrected chi connectivity index (χ1v) is 6.94. The summed E-state index contributed by atoms with van der Waals surface area (Å²) < 4.78 is 5.78. The largest absolute Gasteiger partial charge is 0.374 e. The average Bonchev–Trinajstić information content (AvgIpc) is 2.76. The van der Waals surface area contributed by atoms with Crippen LogP contribution in [-0.2, 0) is 4.74 Å². The van der Waals surface area contributed by atoms with Gasteiger partial charge in [0.05, 0.1) is 12.2 Å². The Bertz CT molecular complexity index is 288. The summed E-state index contributed by atoms with van der Waals surface area (Å²) >= 11 is 0. The minimum absolute atomic E-state index is 0.193. The van der Waals surface area contributed by atoms with Gasteiger partial charge < -0.3 is 19.4 Å². The number of rotatable bonds is 2. The van der Waals surface area contributed by atoms with Gasteiger partial charge in [-0.1, -0.05) is 0 Å². The van der Waals surface area contributed by atoms with Crippen LogP contribution in [0.15, 0.2) is 0 Å². The standard InChI is InChI=1S/C13H25N3O2/c1-11(2)18-12-4-5-16(10-12)13(17)15-8-6-14(3)7-9-15/h11-12H,4-10H2,1-3H3. The van der Waals surface area contributed by atoms with Crippen LogP contribution < -0.4 is 0 Å². The zero-order valence-corrected chi connectivity index (χ0v) is 11.8. The van der Waals surface area contributed by atoms with Crippen molar-refractivity contribution < 1.29 is 9.53 Å². The Balaban J connectivity index is 1.80. The number of ether oxygens (including phenoxy) is 1. The number of likely N-dealkylation sites (N-methyl/N-ethyl adjacent to an activating group) is 1. The molecule has 2 aliphatic rings. The predicted octanol–water partition coefficient (Wildman–Crippen LogP) is 0.853. The van der Waals surface area contributed by atoms with Crippen molar-refractivity contribution in [3.8, 4) is 0 Å². The maximum absolute atomic E-state index is 12.3. The van der Waals surface area contributed by atoms with E-state index in [2.05, 4.69) is 11.9 Å². The van der Waals surface area contributed by atoms with Crippen LogP contribution in [0.1, 0.15) is 20.3 Å². The molecule has 0 aromatic rings. The lowest BCUT2D eigenvalue weighted by Gasteiger charge is -2.34. The summed E-state index contributed by atoms with van der Waals surface area (Å²) in [7, 11) is 2.10. The zero-order valence-electron chi connectivity index (χ0n) is 11.8. The first-order chi connectivity index (χ1) is 8.56. The molecule has 0 N–H and O–H groups in total. The van der Waals surface area contributed by atoms with Gasteiger partial charge in [0.2, 0.25) is 0 Å². The van der Waals surface area contributed by atoms with Crippen molar-refractivity contribution in [2.75, 3.05) is 46.3 Å². The van der Waals surface area contributed by atoms with E-state index in [-0.39, 0.29) is 18.2 Å². The Morgan fingerprint density at radius 2 is 1.78 bits per heavy atom. The highest BCUT2D eigenvalue weighted by Crippen LogP contribution is 2.16. The van der Waals surface area contributed by atoms with Crippen molar-refractivity contribution in [2.24, 2.45) is 0 Å². The topological polar surface area (TPSA) is 36.0 Å². The number of likely N-dealkylation sites (tertiary alicyclic amines) is 1. The molecule has 5 heteroatoms. The summed E-state index contributed by atoms with van der Waals surface area (Å²) in [6.07, 6.45) is 1.44. The second-order valence-electron chi connectivity index (χ2n) is 5.61. The van der Waals surface area contributed by atoms with Gasteiger partial charge in [-0.3, -0.25) is 0 Å². The van der Waals surface area contributed by atoms with Crippen LogP contribution in [0, 0.1) is 0 Å². The van der Waals surface area contributed by atoms with Crippen LogP contribution in [0.4, 0.5) is 4.79 Å². The molecule has 0 aromatic carbocycles. The lowest BCUT2D eigenvalue weighted by molar-refractivity contribution is 0.0146. The van der Waals surface area contributed by atoms with Gasteiger partial charge in [0, 0.05) is 39.3 Å². The van der Waals surface area contributed by atoms with Gasteiger partial charge in [0.25, 0.3) is 0 Å². The molecule has 0 aliphatic carbocycles. The van der Waals surface area contributed by atoms with E-state index in [9.17, 15) is 4.79 Å². The summed E-state index contributed by atoms with van der Waals surface area (Å²) in [6, 6.07) is 0.193. The Hall–Kier alpha value is -0.810. The molecular weight excluding hydrogens is 230 g/mol. The molecule has 2 amide bonds. The molecule has 5 nitrogen and oxygen atoms in total. The minimum Gasteiger partial charge on any atom is -0.374 e. The molecule has 2 aliphatic heterocycles. The average molecular weight is 255 g/mol. The Kier molecular flexibility index (Phi) is 4.45. The van der Waals surface area contributed by atoms with Gasteiger partial charge in [-0.2, -0.15) is 0 Å². The molecular formula is C13H25N3O2. The molecule has 104 valence electrons. The summed E-state index contributed by atoms with van der Waals surface area (Å²) in [6.45, 7) is 9.34. The van der Waals surface area contributed by atoms with Gasteiger partial charge in [-0.15, -0.1) is 0 Å².